The smallest absolute Gasteiger partial charge is 0.311 e. The molecule has 2 amide bonds. The van der Waals surface area contributed by atoms with Crippen LogP contribution in [0.3, 0.4) is 0 Å². The molecule has 0 spiro atoms. The van der Waals surface area contributed by atoms with Gasteiger partial charge in [0.15, 0.2) is 5.76 Å². The molecule has 5 rings (SSSR count). The van der Waals surface area contributed by atoms with Crippen LogP contribution >= 0.6 is 0 Å². The lowest BCUT2D eigenvalue weighted by Crippen LogP contribution is -2.31. The van der Waals surface area contributed by atoms with E-state index in [2.05, 4.69) is 0 Å². The first-order chi connectivity index (χ1) is 17.9. The minimum absolute atomic E-state index is 0.0539. The molecule has 0 atom stereocenters. The van der Waals surface area contributed by atoms with Gasteiger partial charge in [0, 0.05) is 18.5 Å². The van der Waals surface area contributed by atoms with Crippen molar-refractivity contribution >= 4 is 28.8 Å². The molecule has 2 heterocycles. The average Bonchev–Trinajstić information content (AvgIpc) is 3.15. The third kappa shape index (κ3) is 4.49. The minimum atomic E-state index is -0.675. The summed E-state index contributed by atoms with van der Waals surface area (Å²) in [6.45, 7) is 1.90. The molecule has 0 saturated carbocycles. The molecule has 37 heavy (non-hydrogen) atoms. The topological polar surface area (TPSA) is 103 Å². The number of methoxy groups -OCH3 is 1. The number of aryl methyl sites for hydroxylation is 1. The van der Waals surface area contributed by atoms with Crippen molar-refractivity contribution in [1.82, 2.24) is 4.90 Å². The molecule has 186 valence electrons. The molecule has 0 fully saturated rings. The van der Waals surface area contributed by atoms with Gasteiger partial charge < -0.3 is 13.9 Å². The van der Waals surface area contributed by atoms with Gasteiger partial charge in [0.05, 0.1) is 23.6 Å². The van der Waals surface area contributed by atoms with Gasteiger partial charge in [-0.25, -0.2) is 0 Å². The maximum absolute atomic E-state index is 13.4. The van der Waals surface area contributed by atoms with Crippen molar-refractivity contribution in [3.05, 3.63) is 93.6 Å². The Morgan fingerprint density at radius 3 is 2.24 bits per heavy atom. The van der Waals surface area contributed by atoms with Crippen molar-refractivity contribution in [2.75, 3.05) is 13.7 Å². The van der Waals surface area contributed by atoms with Gasteiger partial charge in [0.2, 0.25) is 11.2 Å². The number of carbonyl (C=O) groups is 3. The first kappa shape index (κ1) is 24.0. The van der Waals surface area contributed by atoms with Gasteiger partial charge in [0.25, 0.3) is 11.8 Å². The number of imide groups is 1. The van der Waals surface area contributed by atoms with E-state index in [4.69, 9.17) is 13.9 Å². The molecule has 1 aliphatic rings. The third-order valence-electron chi connectivity index (χ3n) is 6.21. The van der Waals surface area contributed by atoms with Gasteiger partial charge >= 0.3 is 5.97 Å². The fourth-order valence-electron chi connectivity index (χ4n) is 4.31. The monoisotopic (exact) mass is 497 g/mol. The van der Waals surface area contributed by atoms with Crippen LogP contribution in [-0.4, -0.2) is 36.3 Å². The van der Waals surface area contributed by atoms with Crippen LogP contribution in [0.25, 0.3) is 22.3 Å². The Morgan fingerprint density at radius 1 is 0.919 bits per heavy atom. The zero-order chi connectivity index (χ0) is 26.1. The largest absolute Gasteiger partial charge is 0.497 e. The van der Waals surface area contributed by atoms with E-state index in [-0.39, 0.29) is 42.7 Å². The molecule has 4 aromatic rings. The van der Waals surface area contributed by atoms with E-state index in [1.807, 2.05) is 13.0 Å². The molecule has 0 bridgehead atoms. The molecule has 1 aliphatic heterocycles. The molecule has 3 aromatic carbocycles. The van der Waals surface area contributed by atoms with Crippen LogP contribution < -0.4 is 14.9 Å². The van der Waals surface area contributed by atoms with Crippen molar-refractivity contribution in [3.8, 4) is 22.8 Å². The normalized spacial score (nSPS) is 12.6. The Bertz CT molecular complexity index is 1570. The number of esters is 1. The number of fused-ring (bicyclic) bond motifs is 2. The Balaban J connectivity index is 1.37. The van der Waals surface area contributed by atoms with Crippen LogP contribution in [0.1, 0.15) is 39.1 Å². The summed E-state index contributed by atoms with van der Waals surface area (Å²) in [5.41, 5.74) is 1.99. The molecular formula is C29H23NO7. The Morgan fingerprint density at radius 2 is 1.59 bits per heavy atom. The molecular weight excluding hydrogens is 474 g/mol. The maximum atomic E-state index is 13.4. The summed E-state index contributed by atoms with van der Waals surface area (Å²) in [6, 6.07) is 18.6. The Kier molecular flexibility index (Phi) is 6.31. The quantitative estimate of drug-likeness (QED) is 0.268. The first-order valence-electron chi connectivity index (χ1n) is 11.7. The molecule has 0 saturated heterocycles. The average molecular weight is 498 g/mol. The summed E-state index contributed by atoms with van der Waals surface area (Å²) < 4.78 is 16.8. The standard InChI is InChI=1S/C29H23NO7/c1-17-9-14-23-22(16-17)25(32)27(26(36-23)18-10-12-19(35-2)13-11-18)37-24(31)8-5-15-30-28(33)20-6-3-4-7-21(20)29(30)34/h3-4,6-7,9-14,16H,5,8,15H2,1-2H3. The molecule has 8 nitrogen and oxygen atoms in total. The lowest BCUT2D eigenvalue weighted by atomic mass is 10.1. The highest BCUT2D eigenvalue weighted by Gasteiger charge is 2.34. The minimum Gasteiger partial charge on any atom is -0.497 e. The van der Waals surface area contributed by atoms with Crippen molar-refractivity contribution in [2.45, 2.75) is 19.8 Å². The predicted molar refractivity (Wildman–Crippen MR) is 136 cm³/mol. The number of hydrogen-bond acceptors (Lipinski definition) is 7. The zero-order valence-corrected chi connectivity index (χ0v) is 20.3. The SMILES string of the molecule is COc1ccc(-c2oc3ccc(C)cc3c(=O)c2OC(=O)CCCN2C(=O)c3ccccc3C2=O)cc1. The van der Waals surface area contributed by atoms with Crippen LogP contribution in [0, 0.1) is 6.92 Å². The Hall–Kier alpha value is -4.72. The number of nitrogens with zero attached hydrogens (tertiary/aromatic N) is 1. The lowest BCUT2D eigenvalue weighted by Gasteiger charge is -2.14. The molecule has 0 unspecified atom stereocenters. The summed E-state index contributed by atoms with van der Waals surface area (Å²) in [5.74, 6) is -0.922. The molecule has 0 N–H and O–H groups in total. The van der Waals surface area contributed by atoms with E-state index in [1.54, 1.807) is 67.8 Å². The van der Waals surface area contributed by atoms with E-state index >= 15 is 0 Å². The van der Waals surface area contributed by atoms with Gasteiger partial charge in [-0.15, -0.1) is 0 Å². The summed E-state index contributed by atoms with van der Waals surface area (Å²) in [4.78, 5) is 52.4. The Labute approximate surface area is 212 Å². The lowest BCUT2D eigenvalue weighted by molar-refractivity contribution is -0.134. The number of amides is 2. The van der Waals surface area contributed by atoms with E-state index in [0.717, 1.165) is 10.5 Å². The fraction of sp³-hybridized carbons (Fsp3) is 0.172. The highest BCUT2D eigenvalue weighted by atomic mass is 16.5. The summed E-state index contributed by atoms with van der Waals surface area (Å²) in [7, 11) is 1.54. The summed E-state index contributed by atoms with van der Waals surface area (Å²) in [6.07, 6.45) is 0.0704. The first-order valence-corrected chi connectivity index (χ1v) is 11.7. The highest BCUT2D eigenvalue weighted by Crippen LogP contribution is 2.32. The fourth-order valence-corrected chi connectivity index (χ4v) is 4.31. The van der Waals surface area contributed by atoms with E-state index < -0.39 is 11.4 Å². The van der Waals surface area contributed by atoms with Crippen LogP contribution in [0.5, 0.6) is 11.5 Å². The molecule has 0 radical (unpaired) electrons. The highest BCUT2D eigenvalue weighted by molar-refractivity contribution is 6.21. The van der Waals surface area contributed by atoms with Crippen LogP contribution in [0.2, 0.25) is 0 Å². The van der Waals surface area contributed by atoms with E-state index in [9.17, 15) is 19.2 Å². The van der Waals surface area contributed by atoms with Crippen molar-refractivity contribution < 1.29 is 28.3 Å². The number of rotatable bonds is 7. The van der Waals surface area contributed by atoms with Gasteiger partial charge in [-0.1, -0.05) is 23.8 Å². The number of ether oxygens (including phenoxy) is 2. The van der Waals surface area contributed by atoms with Gasteiger partial charge in [-0.3, -0.25) is 24.1 Å². The maximum Gasteiger partial charge on any atom is 0.311 e. The van der Waals surface area contributed by atoms with Crippen molar-refractivity contribution in [2.24, 2.45) is 0 Å². The number of hydrogen-bond donors (Lipinski definition) is 0. The molecule has 8 heteroatoms. The van der Waals surface area contributed by atoms with E-state index in [0.29, 0.717) is 33.4 Å². The molecule has 1 aromatic heterocycles. The number of benzene rings is 3. The second-order valence-electron chi connectivity index (χ2n) is 8.70. The van der Waals surface area contributed by atoms with Gasteiger partial charge in [-0.05, 0) is 61.9 Å². The van der Waals surface area contributed by atoms with Crippen LogP contribution in [-0.2, 0) is 4.79 Å². The molecule has 0 aliphatic carbocycles. The van der Waals surface area contributed by atoms with E-state index in [1.165, 1.54) is 0 Å². The van der Waals surface area contributed by atoms with Crippen molar-refractivity contribution in [1.29, 1.82) is 0 Å². The van der Waals surface area contributed by atoms with Crippen LogP contribution in [0.15, 0.2) is 75.9 Å². The van der Waals surface area contributed by atoms with Gasteiger partial charge in [0.1, 0.15) is 11.3 Å². The van der Waals surface area contributed by atoms with Crippen molar-refractivity contribution in [3.63, 3.8) is 0 Å². The number of carbonyl (C=O) groups excluding carboxylic acids is 3. The second kappa shape index (κ2) is 9.73. The third-order valence-corrected chi connectivity index (χ3v) is 6.21. The summed E-state index contributed by atoms with van der Waals surface area (Å²) in [5, 5.41) is 0.297. The van der Waals surface area contributed by atoms with Crippen LogP contribution in [0.4, 0.5) is 0 Å². The second-order valence-corrected chi connectivity index (χ2v) is 8.70. The predicted octanol–water partition coefficient (Wildman–Crippen LogP) is 4.76. The zero-order valence-electron chi connectivity index (χ0n) is 20.3. The summed E-state index contributed by atoms with van der Waals surface area (Å²) >= 11 is 0. The van der Waals surface area contributed by atoms with Gasteiger partial charge in [-0.2, -0.15) is 0 Å².